The summed E-state index contributed by atoms with van der Waals surface area (Å²) in [5, 5.41) is 3.48. The zero-order chi connectivity index (χ0) is 44.2. The summed E-state index contributed by atoms with van der Waals surface area (Å²) < 4.78 is 36.3. The van der Waals surface area contributed by atoms with E-state index in [0.717, 1.165) is 78.5 Å². The van der Waals surface area contributed by atoms with Crippen LogP contribution in [0.15, 0.2) is 24.3 Å². The average molecular weight is 838 g/mol. The van der Waals surface area contributed by atoms with Crippen LogP contribution in [0.1, 0.15) is 242 Å². The lowest BCUT2D eigenvalue weighted by molar-refractivity contribution is -0.118. The summed E-state index contributed by atoms with van der Waals surface area (Å²) in [5.74, 6) is 0.181. The summed E-state index contributed by atoms with van der Waals surface area (Å²) in [6, 6.07) is 8.33. The molecule has 9 heteroatoms. The number of carbonyl (C=O) groups excluding carboxylic acids is 2. The Bertz CT molecular complexity index is 1740. The van der Waals surface area contributed by atoms with E-state index < -0.39 is 16.2 Å². The second-order valence-electron chi connectivity index (χ2n) is 20.2. The molecule has 0 heterocycles. The first-order chi connectivity index (χ1) is 27.6. The maximum atomic E-state index is 14.2. The molecule has 2 atom stereocenters. The van der Waals surface area contributed by atoms with Crippen molar-refractivity contribution in [2.75, 3.05) is 13.1 Å². The highest BCUT2D eigenvalue weighted by Crippen LogP contribution is 2.44. The predicted octanol–water partition coefficient (Wildman–Crippen LogP) is 13.1. The molecule has 2 unspecified atom stereocenters. The molecule has 2 N–H and O–H groups in total. The molecule has 334 valence electrons. The van der Waals surface area contributed by atoms with Crippen LogP contribution in [0.4, 0.5) is 4.79 Å². The molecule has 1 aliphatic rings. The second-order valence-corrected chi connectivity index (χ2v) is 21.5. The van der Waals surface area contributed by atoms with Crippen molar-refractivity contribution in [2.45, 2.75) is 216 Å². The van der Waals surface area contributed by atoms with Crippen molar-refractivity contribution in [1.82, 2.24) is 14.9 Å². The van der Waals surface area contributed by atoms with Crippen LogP contribution in [0.3, 0.4) is 0 Å². The lowest BCUT2D eigenvalue weighted by Gasteiger charge is -2.37. The number of hydrogen-bond acceptors (Lipinski definition) is 5. The summed E-state index contributed by atoms with van der Waals surface area (Å²) >= 11 is 0. The highest BCUT2D eigenvalue weighted by atomic mass is 32.2. The minimum atomic E-state index is -4.56. The summed E-state index contributed by atoms with van der Waals surface area (Å²) in [5.41, 5.74) is 6.79. The third kappa shape index (κ3) is 15.1. The molecule has 0 aromatic heterocycles. The molecule has 1 aliphatic carbocycles. The summed E-state index contributed by atoms with van der Waals surface area (Å²) in [6.07, 6.45) is 12.1. The van der Waals surface area contributed by atoms with Gasteiger partial charge < -0.3 is 14.4 Å². The lowest BCUT2D eigenvalue weighted by Crippen LogP contribution is -2.50. The van der Waals surface area contributed by atoms with Gasteiger partial charge in [-0.15, -0.1) is 0 Å². The zero-order valence-corrected chi connectivity index (χ0v) is 40.5. The number of nitrogens with one attached hydrogen (secondary N) is 2. The molecule has 2 aromatic carbocycles. The second kappa shape index (κ2) is 22.7. The molecule has 59 heavy (non-hydrogen) atoms. The quantitative estimate of drug-likeness (QED) is 0.122. The highest BCUT2D eigenvalue weighted by Gasteiger charge is 2.35. The fourth-order valence-corrected chi connectivity index (χ4v) is 9.68. The molecule has 3 amide bonds. The number of nitrogens with zero attached hydrogens (tertiary/aromatic N) is 1. The van der Waals surface area contributed by atoms with Crippen molar-refractivity contribution in [3.05, 3.63) is 63.2 Å². The van der Waals surface area contributed by atoms with E-state index in [1.54, 1.807) is 0 Å². The molecule has 0 radical (unpaired) electrons. The summed E-state index contributed by atoms with van der Waals surface area (Å²) in [6.45, 7) is 31.1. The van der Waals surface area contributed by atoms with Crippen LogP contribution in [0.25, 0.3) is 0 Å². The van der Waals surface area contributed by atoms with Gasteiger partial charge in [0.25, 0.3) is 0 Å². The summed E-state index contributed by atoms with van der Waals surface area (Å²) in [4.78, 5) is 29.9. The molecule has 2 aromatic rings. The highest BCUT2D eigenvalue weighted by molar-refractivity contribution is 7.85. The van der Waals surface area contributed by atoms with Gasteiger partial charge in [0.15, 0.2) is 5.75 Å². The van der Waals surface area contributed by atoms with Gasteiger partial charge in [0.2, 0.25) is 5.91 Å². The van der Waals surface area contributed by atoms with Crippen molar-refractivity contribution >= 4 is 22.2 Å². The number of carbonyl (C=O) groups is 2. The first kappa shape index (κ1) is 50.3. The Labute approximate surface area is 361 Å². The van der Waals surface area contributed by atoms with Crippen molar-refractivity contribution < 1.29 is 22.2 Å². The van der Waals surface area contributed by atoms with Crippen LogP contribution < -0.4 is 14.2 Å². The maximum absolute atomic E-state index is 14.2. The predicted molar refractivity (Wildman–Crippen MR) is 247 cm³/mol. The largest absolute Gasteiger partial charge is 0.409 e. The Morgan fingerprint density at radius 1 is 0.763 bits per heavy atom. The molecule has 8 nitrogen and oxygen atoms in total. The molecule has 0 bridgehead atoms. The van der Waals surface area contributed by atoms with E-state index >= 15 is 0 Å². The fraction of sp³-hybridized carbons (Fsp3) is 0.720. The molecule has 1 saturated carbocycles. The molecular weight excluding hydrogens is 755 g/mol. The van der Waals surface area contributed by atoms with Crippen molar-refractivity contribution in [1.29, 1.82) is 0 Å². The molecule has 0 spiro atoms. The van der Waals surface area contributed by atoms with Gasteiger partial charge in [0.05, 0.1) is 6.42 Å². The van der Waals surface area contributed by atoms with E-state index in [2.05, 4.69) is 111 Å². The van der Waals surface area contributed by atoms with E-state index in [1.807, 2.05) is 24.8 Å². The van der Waals surface area contributed by atoms with E-state index in [9.17, 15) is 18.0 Å². The van der Waals surface area contributed by atoms with Gasteiger partial charge in [-0.3, -0.25) is 4.79 Å². The minimum absolute atomic E-state index is 0.0151. The lowest BCUT2D eigenvalue weighted by atomic mass is 9.75. The average Bonchev–Trinajstić information content (AvgIpc) is 3.12. The van der Waals surface area contributed by atoms with Crippen molar-refractivity contribution in [3.63, 3.8) is 0 Å². The van der Waals surface area contributed by atoms with Gasteiger partial charge in [-0.05, 0) is 87.6 Å². The monoisotopic (exact) mass is 838 g/mol. The first-order valence-corrected chi connectivity index (χ1v) is 24.6. The first-order valence-electron chi connectivity index (χ1n) is 23.2. The van der Waals surface area contributed by atoms with Crippen molar-refractivity contribution in [2.24, 2.45) is 5.41 Å². The van der Waals surface area contributed by atoms with Crippen LogP contribution >= 0.6 is 0 Å². The van der Waals surface area contributed by atoms with Gasteiger partial charge in [-0.1, -0.05) is 173 Å². The maximum Gasteiger partial charge on any atom is 0.409 e. The van der Waals surface area contributed by atoms with Crippen LogP contribution in [0, 0.1) is 5.41 Å². The number of benzene rings is 2. The van der Waals surface area contributed by atoms with Gasteiger partial charge >= 0.3 is 16.3 Å². The minimum Gasteiger partial charge on any atom is -0.366 e. The smallest absolute Gasteiger partial charge is 0.366 e. The number of rotatable bonds is 21. The van der Waals surface area contributed by atoms with Gasteiger partial charge in [-0.25, -0.2) is 9.52 Å². The topological polar surface area (TPSA) is 105 Å². The normalized spacial score (nSPS) is 16.4. The number of hydrogen-bond donors (Lipinski definition) is 2. The van der Waals surface area contributed by atoms with E-state index in [4.69, 9.17) is 4.18 Å². The molecule has 0 saturated heterocycles. The van der Waals surface area contributed by atoms with Crippen molar-refractivity contribution in [3.8, 4) is 5.75 Å². The Morgan fingerprint density at radius 3 is 1.85 bits per heavy atom. The van der Waals surface area contributed by atoms with Crippen LogP contribution in [0.2, 0.25) is 0 Å². The van der Waals surface area contributed by atoms with Gasteiger partial charge in [0.1, 0.15) is 0 Å². The van der Waals surface area contributed by atoms with E-state index in [0.29, 0.717) is 18.2 Å². The molecule has 0 aliphatic heterocycles. The van der Waals surface area contributed by atoms with Gasteiger partial charge in [-0.2, -0.15) is 8.42 Å². The Morgan fingerprint density at radius 2 is 1.32 bits per heavy atom. The number of unbranched alkanes of at least 4 members (excludes halogenated alkanes) is 6. The van der Waals surface area contributed by atoms with Crippen LogP contribution in [-0.4, -0.2) is 44.4 Å². The molecule has 1 fully saturated rings. The molecular formula is C50H83N3O5S. The van der Waals surface area contributed by atoms with Crippen LogP contribution in [-0.2, 0) is 21.5 Å². The molecule has 3 rings (SSSR count). The Kier molecular flexibility index (Phi) is 19.3. The third-order valence-corrected chi connectivity index (χ3v) is 12.8. The Balaban J connectivity index is 1.95. The van der Waals surface area contributed by atoms with Gasteiger partial charge in [0, 0.05) is 30.6 Å². The fourth-order valence-electron chi connectivity index (χ4n) is 8.88. The van der Waals surface area contributed by atoms with E-state index in [-0.39, 0.29) is 53.5 Å². The standard InChI is InChI=1S/C50H83N3O5S/c1-15-16-17-18-19-20-23-28-53(32-50(12,13)14)49(55)51-45-25-22-21-24-40(45)41-27-26-39(34(4)5)48(47(41)37(10)11)58-59(56,57)52-46(54)31-44-42(35(6)7)29-38(33(2)3)30-43(44)36(8)9/h26-27,29-30,33-37,40,45H,15-25,28,31-32H2,1-14H3,(H,51,55)(H,52,54). The number of amides is 3. The third-order valence-electron chi connectivity index (χ3n) is 11.9. The SMILES string of the molecule is CCCCCCCCCN(CC(C)(C)C)C(=O)NC1CCCCC1c1ccc(C(C)C)c(OS(=O)(=O)NC(=O)Cc2c(C(C)C)cc(C(C)C)cc2C(C)C)c1C(C)C. The summed E-state index contributed by atoms with van der Waals surface area (Å²) in [7, 11) is -4.56. The zero-order valence-electron chi connectivity index (χ0n) is 39.6. The number of urea groups is 1. The van der Waals surface area contributed by atoms with Crippen LogP contribution in [0.5, 0.6) is 5.75 Å². The Hall–Kier alpha value is -3.07. The van der Waals surface area contributed by atoms with E-state index in [1.165, 1.54) is 37.7 Å².